The lowest BCUT2D eigenvalue weighted by molar-refractivity contribution is 0.635. The van der Waals surface area contributed by atoms with Crippen molar-refractivity contribution >= 4 is 5.82 Å². The van der Waals surface area contributed by atoms with E-state index in [1.54, 1.807) is 0 Å². The van der Waals surface area contributed by atoms with Crippen LogP contribution in [0.15, 0.2) is 30.3 Å². The van der Waals surface area contributed by atoms with Gasteiger partial charge in [-0.3, -0.25) is 0 Å². The molecule has 1 N–H and O–H groups in total. The summed E-state index contributed by atoms with van der Waals surface area (Å²) in [5.74, 6) is 1.74. The summed E-state index contributed by atoms with van der Waals surface area (Å²) in [6.45, 7) is 1.83. The largest absolute Gasteiger partial charge is 0.369 e. The maximum Gasteiger partial charge on any atom is 0.183 e. The van der Waals surface area contributed by atoms with Gasteiger partial charge in [0.1, 0.15) is 17.7 Å². The molecule has 2 heterocycles. The van der Waals surface area contributed by atoms with E-state index in [0.717, 1.165) is 36.7 Å². The van der Waals surface area contributed by atoms with E-state index < -0.39 is 0 Å². The van der Waals surface area contributed by atoms with Crippen molar-refractivity contribution < 1.29 is 0 Å². The summed E-state index contributed by atoms with van der Waals surface area (Å²) in [6, 6.07) is 12.1. The molecule has 0 bridgehead atoms. The van der Waals surface area contributed by atoms with E-state index in [9.17, 15) is 0 Å². The third-order valence-corrected chi connectivity index (χ3v) is 2.96. The van der Waals surface area contributed by atoms with Crippen molar-refractivity contribution in [2.75, 3.05) is 11.9 Å². The number of imidazole rings is 1. The minimum Gasteiger partial charge on any atom is -0.369 e. The van der Waals surface area contributed by atoms with E-state index in [4.69, 9.17) is 5.26 Å². The summed E-state index contributed by atoms with van der Waals surface area (Å²) in [6.07, 6.45) is 1.06. The summed E-state index contributed by atoms with van der Waals surface area (Å²) in [5, 5.41) is 12.3. The first kappa shape index (κ1) is 9.91. The summed E-state index contributed by atoms with van der Waals surface area (Å²) >= 11 is 0. The Morgan fingerprint density at radius 1 is 1.29 bits per heavy atom. The lowest BCUT2D eigenvalue weighted by Gasteiger charge is -2.18. The molecule has 1 aromatic carbocycles. The molecule has 0 unspecified atom stereocenters. The Labute approximate surface area is 99.5 Å². The van der Waals surface area contributed by atoms with Gasteiger partial charge in [0.15, 0.2) is 5.69 Å². The van der Waals surface area contributed by atoms with Crippen LogP contribution in [0.3, 0.4) is 0 Å². The van der Waals surface area contributed by atoms with Crippen molar-refractivity contribution in [2.24, 2.45) is 0 Å². The second-order valence-corrected chi connectivity index (χ2v) is 4.04. The van der Waals surface area contributed by atoms with E-state index in [2.05, 4.69) is 20.9 Å². The van der Waals surface area contributed by atoms with E-state index >= 15 is 0 Å². The zero-order valence-corrected chi connectivity index (χ0v) is 9.35. The number of nitrogens with one attached hydrogen (secondary N) is 1. The molecule has 84 valence electrons. The third-order valence-electron chi connectivity index (χ3n) is 2.96. The van der Waals surface area contributed by atoms with Crippen molar-refractivity contribution in [3.05, 3.63) is 36.0 Å². The van der Waals surface area contributed by atoms with Crippen molar-refractivity contribution in [3.8, 4) is 17.5 Å². The van der Waals surface area contributed by atoms with Crippen LogP contribution in [-0.2, 0) is 6.54 Å². The molecule has 0 saturated carbocycles. The van der Waals surface area contributed by atoms with Crippen LogP contribution in [0.1, 0.15) is 12.1 Å². The first-order chi connectivity index (χ1) is 8.40. The number of anilines is 1. The summed E-state index contributed by atoms with van der Waals surface area (Å²) in [4.78, 5) is 4.42. The molecule has 2 aromatic rings. The Morgan fingerprint density at radius 2 is 2.12 bits per heavy atom. The molecule has 0 saturated heterocycles. The Balaban J connectivity index is 2.18. The first-order valence-corrected chi connectivity index (χ1v) is 5.70. The van der Waals surface area contributed by atoms with Crippen molar-refractivity contribution in [3.63, 3.8) is 0 Å². The molecule has 4 nitrogen and oxygen atoms in total. The highest BCUT2D eigenvalue weighted by Crippen LogP contribution is 2.28. The van der Waals surface area contributed by atoms with Gasteiger partial charge in [-0.05, 0) is 6.42 Å². The van der Waals surface area contributed by atoms with Gasteiger partial charge < -0.3 is 9.88 Å². The minimum atomic E-state index is 0.489. The third kappa shape index (κ3) is 1.56. The Hall–Kier alpha value is -2.28. The Kier molecular flexibility index (Phi) is 2.30. The summed E-state index contributed by atoms with van der Waals surface area (Å²) in [7, 11) is 0. The first-order valence-electron chi connectivity index (χ1n) is 5.70. The molecule has 0 atom stereocenters. The standard InChI is InChI=1S/C13H12N4/c14-9-11-13-15-7-4-8-17(13)12(16-11)10-5-2-1-3-6-10/h1-3,5-6,15H,4,7-8H2. The monoisotopic (exact) mass is 224 g/mol. The van der Waals surface area contributed by atoms with Crippen molar-refractivity contribution in [2.45, 2.75) is 13.0 Å². The molecule has 17 heavy (non-hydrogen) atoms. The molecule has 1 aromatic heterocycles. The van der Waals surface area contributed by atoms with Crippen LogP contribution in [-0.4, -0.2) is 16.1 Å². The molecule has 1 aliphatic rings. The molecule has 0 radical (unpaired) electrons. The Bertz CT molecular complexity index is 577. The van der Waals surface area contributed by atoms with Gasteiger partial charge in [0.25, 0.3) is 0 Å². The van der Waals surface area contributed by atoms with E-state index in [1.165, 1.54) is 0 Å². The fourth-order valence-corrected chi connectivity index (χ4v) is 2.18. The van der Waals surface area contributed by atoms with Gasteiger partial charge in [0, 0.05) is 18.7 Å². The summed E-state index contributed by atoms with van der Waals surface area (Å²) < 4.78 is 2.09. The zero-order valence-electron chi connectivity index (χ0n) is 9.35. The average Bonchev–Trinajstić information content (AvgIpc) is 2.78. The van der Waals surface area contributed by atoms with E-state index in [-0.39, 0.29) is 0 Å². The van der Waals surface area contributed by atoms with Crippen LogP contribution in [0.5, 0.6) is 0 Å². The smallest absolute Gasteiger partial charge is 0.183 e. The predicted molar refractivity (Wildman–Crippen MR) is 65.5 cm³/mol. The predicted octanol–water partition coefficient (Wildman–Crippen LogP) is 2.24. The molecular weight excluding hydrogens is 212 g/mol. The molecule has 0 spiro atoms. The highest BCUT2D eigenvalue weighted by atomic mass is 15.2. The van der Waals surface area contributed by atoms with Gasteiger partial charge in [-0.2, -0.15) is 5.26 Å². The molecule has 1 aliphatic heterocycles. The second-order valence-electron chi connectivity index (χ2n) is 4.04. The van der Waals surface area contributed by atoms with Crippen molar-refractivity contribution in [1.82, 2.24) is 9.55 Å². The number of nitriles is 1. The maximum atomic E-state index is 9.09. The SMILES string of the molecule is N#Cc1nc(-c2ccccc2)n2c1NCCC2. The molecule has 4 heteroatoms. The van der Waals surface area contributed by atoms with Gasteiger partial charge in [-0.15, -0.1) is 0 Å². The number of fused-ring (bicyclic) bond motifs is 1. The fraction of sp³-hybridized carbons (Fsp3) is 0.231. The molecule has 3 rings (SSSR count). The highest BCUT2D eigenvalue weighted by Gasteiger charge is 2.20. The van der Waals surface area contributed by atoms with Gasteiger partial charge >= 0.3 is 0 Å². The highest BCUT2D eigenvalue weighted by molar-refractivity contribution is 5.64. The average molecular weight is 224 g/mol. The van der Waals surface area contributed by atoms with E-state index in [0.29, 0.717) is 5.69 Å². The van der Waals surface area contributed by atoms with Gasteiger partial charge in [-0.1, -0.05) is 30.3 Å². The summed E-state index contributed by atoms with van der Waals surface area (Å²) in [5.41, 5.74) is 1.54. The Morgan fingerprint density at radius 3 is 2.88 bits per heavy atom. The number of aromatic nitrogens is 2. The second kappa shape index (κ2) is 3.95. The number of hydrogen-bond donors (Lipinski definition) is 1. The van der Waals surface area contributed by atoms with Gasteiger partial charge in [-0.25, -0.2) is 4.98 Å². The molecule has 0 amide bonds. The molecular formula is C13H12N4. The quantitative estimate of drug-likeness (QED) is 0.808. The minimum absolute atomic E-state index is 0.489. The van der Waals surface area contributed by atoms with Gasteiger partial charge in [0.05, 0.1) is 0 Å². The van der Waals surface area contributed by atoms with Crippen LogP contribution < -0.4 is 5.32 Å². The zero-order chi connectivity index (χ0) is 11.7. The topological polar surface area (TPSA) is 53.6 Å². The van der Waals surface area contributed by atoms with Gasteiger partial charge in [0.2, 0.25) is 0 Å². The number of nitrogens with zero attached hydrogens (tertiary/aromatic N) is 3. The van der Waals surface area contributed by atoms with Crippen LogP contribution in [0.25, 0.3) is 11.4 Å². The lowest BCUT2D eigenvalue weighted by Crippen LogP contribution is -2.17. The normalized spacial score (nSPS) is 13.6. The molecule has 0 aliphatic carbocycles. The van der Waals surface area contributed by atoms with Crippen LogP contribution in [0, 0.1) is 11.3 Å². The van der Waals surface area contributed by atoms with Crippen LogP contribution in [0.2, 0.25) is 0 Å². The number of benzene rings is 1. The van der Waals surface area contributed by atoms with Crippen LogP contribution in [0.4, 0.5) is 5.82 Å². The number of rotatable bonds is 1. The maximum absolute atomic E-state index is 9.09. The number of hydrogen-bond acceptors (Lipinski definition) is 3. The molecule has 0 fully saturated rings. The fourth-order valence-electron chi connectivity index (χ4n) is 2.18. The van der Waals surface area contributed by atoms with E-state index in [1.807, 2.05) is 30.3 Å². The van der Waals surface area contributed by atoms with Crippen LogP contribution >= 0.6 is 0 Å². The van der Waals surface area contributed by atoms with Crippen molar-refractivity contribution in [1.29, 1.82) is 5.26 Å². The lowest BCUT2D eigenvalue weighted by atomic mass is 10.2.